The van der Waals surface area contributed by atoms with E-state index in [9.17, 15) is 0 Å². The maximum atomic E-state index is 2.31. The van der Waals surface area contributed by atoms with Crippen LogP contribution in [0.1, 0.15) is 0 Å². The molecule has 29 valence electrons. The Hall–Kier alpha value is 2.66. The summed E-state index contributed by atoms with van der Waals surface area (Å²) in [5.74, 6) is 0. The second-order valence-corrected chi connectivity index (χ2v) is 0. The van der Waals surface area contributed by atoms with E-state index in [1.807, 2.05) is 6.46 Å². The van der Waals surface area contributed by atoms with E-state index in [0.29, 0.717) is 0 Å². The molecule has 0 aromatic rings. The minimum atomic E-state index is 0. The summed E-state index contributed by atoms with van der Waals surface area (Å²) in [6.07, 6.45) is 0. The smallest absolute Gasteiger partial charge is 0 e. The Kier molecular flexibility index (Phi) is 153. The molecule has 0 aliphatic heterocycles. The molecule has 5 heavy (non-hydrogen) atoms. The minimum absolute atomic E-state index is 0. The third-order valence-corrected chi connectivity index (χ3v) is 0. The van der Waals surface area contributed by atoms with E-state index in [2.05, 4.69) is 17.2 Å². The SMILES string of the molecule is [BH2][V].[BiH3].[Co].[Zn]. The molecule has 0 saturated carbocycles. The molecular weight excluding hydrogens is 395 g/mol. The molecule has 0 unspecified atom stereocenters. The molecule has 0 atom stereocenters. The van der Waals surface area contributed by atoms with Crippen LogP contribution in [0.15, 0.2) is 0 Å². The van der Waals surface area contributed by atoms with Crippen LogP contribution in [-0.2, 0) is 53.5 Å². The molecule has 5 heteroatoms. The van der Waals surface area contributed by atoms with Crippen LogP contribution in [0.4, 0.5) is 0 Å². The Morgan fingerprint density at radius 2 is 1.20 bits per heavy atom. The summed E-state index contributed by atoms with van der Waals surface area (Å²) in [7, 11) is 0. The first-order valence-electron chi connectivity index (χ1n) is 0.447. The van der Waals surface area contributed by atoms with E-state index in [4.69, 9.17) is 0 Å². The zero-order valence-electron chi connectivity index (χ0n) is 3.19. The molecule has 0 rings (SSSR count). The average Bonchev–Trinajstić information content (AvgIpc) is 1.00. The van der Waals surface area contributed by atoms with E-state index in [1.54, 1.807) is 0 Å². The van der Waals surface area contributed by atoms with Gasteiger partial charge in [0.05, 0.1) is 0 Å². The van der Waals surface area contributed by atoms with Crippen molar-refractivity contribution in [1.82, 2.24) is 0 Å². The predicted octanol–water partition coefficient (Wildman–Crippen LogP) is -2.11. The largest absolute Gasteiger partial charge is 0 e. The van der Waals surface area contributed by atoms with Gasteiger partial charge in [-0.1, -0.05) is 0 Å². The fourth-order valence-corrected chi connectivity index (χ4v) is 0. The van der Waals surface area contributed by atoms with Gasteiger partial charge in [0.1, 0.15) is 0 Å². The van der Waals surface area contributed by atoms with Gasteiger partial charge in [-0.3, -0.25) is 0 Å². The Morgan fingerprint density at radius 3 is 1.20 bits per heavy atom. The van der Waals surface area contributed by atoms with Crippen LogP contribution in [0.25, 0.3) is 0 Å². The molecule has 0 aliphatic rings. The normalized spacial score (nSPS) is 0.800. The summed E-state index contributed by atoms with van der Waals surface area (Å²) in [6.45, 7) is 1.94. The van der Waals surface area contributed by atoms with Crippen molar-refractivity contribution in [1.29, 1.82) is 0 Å². The maximum Gasteiger partial charge on any atom is 0 e. The standard InChI is InChI=1S/BH2.Bi.Co.V.Zn.3H/h1H2;;;;;;;/q+1;;;-1;;;;. The quantitative estimate of drug-likeness (QED) is 0.409. The van der Waals surface area contributed by atoms with Crippen molar-refractivity contribution in [2.24, 2.45) is 0 Å². The molecule has 0 aromatic carbocycles. The van der Waals surface area contributed by atoms with Crippen LogP contribution >= 0.6 is 0 Å². The fraction of sp³-hybridized carbons (Fsp3) is 0. The number of rotatable bonds is 0. The Morgan fingerprint density at radius 1 is 1.20 bits per heavy atom. The summed E-state index contributed by atoms with van der Waals surface area (Å²) in [6, 6.07) is 0. The molecule has 0 fully saturated rings. The van der Waals surface area contributed by atoms with Crippen molar-refractivity contribution in [3.63, 3.8) is 0 Å². The molecule has 0 nitrogen and oxygen atoms in total. The van der Waals surface area contributed by atoms with Gasteiger partial charge in [-0.2, -0.15) is 0 Å². The Bertz CT molecular complexity index is 11.6. The van der Waals surface area contributed by atoms with Crippen LogP contribution < -0.4 is 0 Å². The minimum Gasteiger partial charge on any atom is 0 e. The molecular formula is H5BBiCoVZn. The van der Waals surface area contributed by atoms with Crippen molar-refractivity contribution < 1.29 is 53.5 Å². The summed E-state index contributed by atoms with van der Waals surface area (Å²) < 4.78 is 0. The van der Waals surface area contributed by atoms with Gasteiger partial charge in [0.2, 0.25) is 0 Å². The van der Waals surface area contributed by atoms with Gasteiger partial charge in [0.25, 0.3) is 0 Å². The van der Waals surface area contributed by atoms with Crippen molar-refractivity contribution in [2.75, 3.05) is 0 Å². The van der Waals surface area contributed by atoms with E-state index >= 15 is 0 Å². The zero-order chi connectivity index (χ0) is 2.00. The number of hydrogen-bond donors (Lipinski definition) is 0. The maximum absolute atomic E-state index is 2.31. The van der Waals surface area contributed by atoms with Crippen molar-refractivity contribution in [2.45, 2.75) is 0 Å². The van der Waals surface area contributed by atoms with Crippen LogP contribution in [-0.4, -0.2) is 32.7 Å². The summed E-state index contributed by atoms with van der Waals surface area (Å²) in [5, 5.41) is 0. The van der Waals surface area contributed by atoms with E-state index in [0.717, 1.165) is 0 Å². The third kappa shape index (κ3) is 20.4. The van der Waals surface area contributed by atoms with Crippen LogP contribution in [0.3, 0.4) is 0 Å². The van der Waals surface area contributed by atoms with Gasteiger partial charge in [-0.25, -0.2) is 0 Å². The van der Waals surface area contributed by atoms with Crippen LogP contribution in [0.2, 0.25) is 0 Å². The first-order valence-corrected chi connectivity index (χ1v) is 1.84. The van der Waals surface area contributed by atoms with Gasteiger partial charge in [-0.15, -0.1) is 0 Å². The first-order chi connectivity index (χ1) is 1.00. The molecule has 0 saturated heterocycles. The Labute approximate surface area is 84.9 Å². The fourth-order valence-electron chi connectivity index (χ4n) is 0. The summed E-state index contributed by atoms with van der Waals surface area (Å²) in [5.41, 5.74) is 0. The second-order valence-electron chi connectivity index (χ2n) is 0. The first kappa shape index (κ1) is 25.4. The van der Waals surface area contributed by atoms with Gasteiger partial charge in [0.15, 0.2) is 0 Å². The van der Waals surface area contributed by atoms with Crippen molar-refractivity contribution in [3.8, 4) is 0 Å². The molecule has 0 N–H and O–H groups in total. The third-order valence-electron chi connectivity index (χ3n) is 0. The molecule has 0 aromatic heterocycles. The topological polar surface area (TPSA) is 0 Å². The second kappa shape index (κ2) is 30.1. The average molecular weight is 400 g/mol. The van der Waals surface area contributed by atoms with Crippen LogP contribution in [0.5, 0.6) is 0 Å². The molecule has 0 bridgehead atoms. The zero-order valence-corrected chi connectivity index (χ0v) is 14.1. The number of hydrogen-bond acceptors (Lipinski definition) is 0. The van der Waals surface area contributed by atoms with Gasteiger partial charge >= 0.3 is 49.9 Å². The summed E-state index contributed by atoms with van der Waals surface area (Å²) in [4.78, 5) is 0. The van der Waals surface area contributed by atoms with Crippen molar-refractivity contribution in [3.05, 3.63) is 0 Å². The van der Waals surface area contributed by atoms with Crippen LogP contribution in [0, 0.1) is 0 Å². The van der Waals surface area contributed by atoms with Gasteiger partial charge < -0.3 is 0 Å². The van der Waals surface area contributed by atoms with Gasteiger partial charge in [-0.05, 0) is 0 Å². The molecule has 0 spiro atoms. The monoisotopic (exact) mass is 399 g/mol. The Balaban J connectivity index is -0.00000000167. The van der Waals surface area contributed by atoms with E-state index < -0.39 is 0 Å². The molecule has 0 amide bonds. The van der Waals surface area contributed by atoms with E-state index in [-0.39, 0.29) is 62.5 Å². The van der Waals surface area contributed by atoms with Gasteiger partial charge in [0, 0.05) is 36.3 Å². The van der Waals surface area contributed by atoms with E-state index in [1.165, 1.54) is 0 Å². The predicted molar refractivity (Wildman–Crippen MR) is 18.5 cm³/mol. The molecule has 0 heterocycles. The van der Waals surface area contributed by atoms with Crippen molar-refractivity contribution >= 4 is 32.7 Å². The summed E-state index contributed by atoms with van der Waals surface area (Å²) >= 11 is 2.31. The molecule has 1 radical (unpaired) electrons. The molecule has 0 aliphatic carbocycles.